The molecule has 1 aliphatic heterocycles. The molecule has 0 saturated carbocycles. The van der Waals surface area contributed by atoms with Crippen LogP contribution in [0.15, 0.2) is 24.3 Å². The largest absolute Gasteiger partial charge is 0.478 e. The maximum atomic E-state index is 12.2. The molecule has 7 heteroatoms. The third-order valence-corrected chi connectivity index (χ3v) is 3.55. The van der Waals surface area contributed by atoms with Crippen LogP contribution in [0.2, 0.25) is 0 Å². The lowest BCUT2D eigenvalue weighted by Crippen LogP contribution is -2.30. The van der Waals surface area contributed by atoms with Crippen molar-refractivity contribution in [3.63, 3.8) is 0 Å². The number of methoxy groups -OCH3 is 1. The number of amides is 2. The van der Waals surface area contributed by atoms with Crippen molar-refractivity contribution in [2.45, 2.75) is 6.42 Å². The third-order valence-electron chi connectivity index (χ3n) is 3.55. The van der Waals surface area contributed by atoms with Gasteiger partial charge in [0.25, 0.3) is 0 Å². The van der Waals surface area contributed by atoms with Gasteiger partial charge < -0.3 is 20.1 Å². The topological polar surface area (TPSA) is 95.9 Å². The molecule has 0 aliphatic carbocycles. The highest BCUT2D eigenvalue weighted by molar-refractivity contribution is 5.97. The number of aromatic carboxylic acids is 1. The molecule has 1 heterocycles. The number of benzene rings is 1. The smallest absolute Gasteiger partial charge is 0.335 e. The predicted molar refractivity (Wildman–Crippen MR) is 78.6 cm³/mol. The van der Waals surface area contributed by atoms with Crippen LogP contribution in [0.4, 0.5) is 5.69 Å². The fourth-order valence-electron chi connectivity index (χ4n) is 2.31. The first-order valence-corrected chi connectivity index (χ1v) is 6.92. The summed E-state index contributed by atoms with van der Waals surface area (Å²) in [6, 6.07) is 5.90. The summed E-state index contributed by atoms with van der Waals surface area (Å²) in [5.74, 6) is -1.72. The molecule has 1 atom stereocenters. The fraction of sp³-hybridized carbons (Fsp3) is 0.400. The molecule has 1 unspecified atom stereocenters. The molecule has 0 bridgehead atoms. The van der Waals surface area contributed by atoms with Gasteiger partial charge in [0.15, 0.2) is 0 Å². The zero-order chi connectivity index (χ0) is 16.1. The van der Waals surface area contributed by atoms with Crippen molar-refractivity contribution in [2.75, 3.05) is 32.1 Å². The van der Waals surface area contributed by atoms with E-state index in [2.05, 4.69) is 5.32 Å². The Morgan fingerprint density at radius 2 is 2.05 bits per heavy atom. The lowest BCUT2D eigenvalue weighted by atomic mass is 10.1. The molecule has 1 aliphatic rings. The van der Waals surface area contributed by atoms with Crippen LogP contribution in [0, 0.1) is 5.92 Å². The highest BCUT2D eigenvalue weighted by Crippen LogP contribution is 2.20. The molecule has 0 aromatic heterocycles. The van der Waals surface area contributed by atoms with Gasteiger partial charge in [0, 0.05) is 32.3 Å². The molecule has 1 aromatic carbocycles. The van der Waals surface area contributed by atoms with Crippen LogP contribution in [-0.4, -0.2) is 54.6 Å². The monoisotopic (exact) mass is 306 g/mol. The minimum atomic E-state index is -1.02. The number of rotatable bonds is 6. The summed E-state index contributed by atoms with van der Waals surface area (Å²) in [6.07, 6.45) is 0.183. The van der Waals surface area contributed by atoms with Gasteiger partial charge in [-0.05, 0) is 24.3 Å². The Morgan fingerprint density at radius 1 is 1.36 bits per heavy atom. The van der Waals surface area contributed by atoms with Crippen LogP contribution < -0.4 is 5.32 Å². The Kier molecular flexibility index (Phi) is 5.11. The van der Waals surface area contributed by atoms with Crippen LogP contribution in [0.3, 0.4) is 0 Å². The van der Waals surface area contributed by atoms with Crippen molar-refractivity contribution < 1.29 is 24.2 Å². The standard InChI is InChI=1S/C15H18N2O5/c1-22-7-6-17-9-11(8-13(17)18)14(19)16-12-4-2-10(3-5-12)15(20)21/h2-5,11H,6-9H2,1H3,(H,16,19)(H,20,21). The van der Waals surface area contributed by atoms with Crippen molar-refractivity contribution >= 4 is 23.5 Å². The van der Waals surface area contributed by atoms with E-state index < -0.39 is 11.9 Å². The molecule has 2 rings (SSSR count). The van der Waals surface area contributed by atoms with Crippen LogP contribution in [0.25, 0.3) is 0 Å². The molecule has 0 spiro atoms. The summed E-state index contributed by atoms with van der Waals surface area (Å²) in [6.45, 7) is 1.30. The average Bonchev–Trinajstić information content (AvgIpc) is 2.87. The van der Waals surface area contributed by atoms with Crippen LogP contribution in [0.1, 0.15) is 16.8 Å². The maximum absolute atomic E-state index is 12.2. The second-order valence-electron chi connectivity index (χ2n) is 5.11. The summed E-state index contributed by atoms with van der Waals surface area (Å²) >= 11 is 0. The van der Waals surface area contributed by atoms with Crippen molar-refractivity contribution in [2.24, 2.45) is 5.92 Å². The summed E-state index contributed by atoms with van der Waals surface area (Å²) in [5.41, 5.74) is 0.664. The number of likely N-dealkylation sites (tertiary alicyclic amines) is 1. The minimum absolute atomic E-state index is 0.0570. The van der Waals surface area contributed by atoms with Crippen LogP contribution in [-0.2, 0) is 14.3 Å². The number of carbonyl (C=O) groups excluding carboxylic acids is 2. The van der Waals surface area contributed by atoms with Gasteiger partial charge in [0.2, 0.25) is 11.8 Å². The molecule has 7 nitrogen and oxygen atoms in total. The highest BCUT2D eigenvalue weighted by atomic mass is 16.5. The van der Waals surface area contributed by atoms with Crippen LogP contribution in [0.5, 0.6) is 0 Å². The zero-order valence-corrected chi connectivity index (χ0v) is 12.2. The quantitative estimate of drug-likeness (QED) is 0.811. The third kappa shape index (κ3) is 3.82. The van der Waals surface area contributed by atoms with Crippen molar-refractivity contribution in [1.82, 2.24) is 4.90 Å². The predicted octanol–water partition coefficient (Wildman–Crippen LogP) is 0.818. The van der Waals surface area contributed by atoms with Gasteiger partial charge in [-0.3, -0.25) is 9.59 Å². The molecule has 22 heavy (non-hydrogen) atoms. The van der Waals surface area contributed by atoms with Gasteiger partial charge >= 0.3 is 5.97 Å². The number of hydrogen-bond acceptors (Lipinski definition) is 4. The maximum Gasteiger partial charge on any atom is 0.335 e. The molecule has 1 aromatic rings. The Bertz CT molecular complexity index is 570. The van der Waals surface area contributed by atoms with Crippen molar-refractivity contribution in [3.8, 4) is 0 Å². The number of hydrogen-bond donors (Lipinski definition) is 2. The van der Waals surface area contributed by atoms with E-state index in [-0.39, 0.29) is 23.8 Å². The lowest BCUT2D eigenvalue weighted by molar-refractivity contribution is -0.128. The van der Waals surface area contributed by atoms with E-state index in [1.165, 1.54) is 24.3 Å². The van der Waals surface area contributed by atoms with Crippen LogP contribution >= 0.6 is 0 Å². The van der Waals surface area contributed by atoms with E-state index in [1.54, 1.807) is 12.0 Å². The molecule has 2 amide bonds. The first-order valence-electron chi connectivity index (χ1n) is 6.92. The number of carbonyl (C=O) groups is 3. The van der Waals surface area contributed by atoms with Gasteiger partial charge in [0.05, 0.1) is 18.1 Å². The van der Waals surface area contributed by atoms with E-state index in [0.717, 1.165) is 0 Å². The van der Waals surface area contributed by atoms with Crippen molar-refractivity contribution in [1.29, 1.82) is 0 Å². The van der Waals surface area contributed by atoms with Gasteiger partial charge in [-0.2, -0.15) is 0 Å². The summed E-state index contributed by atoms with van der Waals surface area (Å²) < 4.78 is 4.93. The number of nitrogens with one attached hydrogen (secondary N) is 1. The molecule has 1 saturated heterocycles. The molecular weight excluding hydrogens is 288 g/mol. The van der Waals surface area contributed by atoms with Gasteiger partial charge in [-0.15, -0.1) is 0 Å². The van der Waals surface area contributed by atoms with E-state index in [4.69, 9.17) is 9.84 Å². The molecule has 1 fully saturated rings. The number of nitrogens with zero attached hydrogens (tertiary/aromatic N) is 1. The van der Waals surface area contributed by atoms with Gasteiger partial charge in [-0.1, -0.05) is 0 Å². The second-order valence-corrected chi connectivity index (χ2v) is 5.11. The van der Waals surface area contributed by atoms with E-state index in [9.17, 15) is 14.4 Å². The minimum Gasteiger partial charge on any atom is -0.478 e. The first-order chi connectivity index (χ1) is 10.5. The fourth-order valence-corrected chi connectivity index (χ4v) is 2.31. The summed E-state index contributed by atoms with van der Waals surface area (Å²) in [4.78, 5) is 36.3. The molecule has 2 N–H and O–H groups in total. The summed E-state index contributed by atoms with van der Waals surface area (Å²) in [5, 5.41) is 11.5. The Morgan fingerprint density at radius 3 is 2.64 bits per heavy atom. The average molecular weight is 306 g/mol. The van der Waals surface area contributed by atoms with E-state index >= 15 is 0 Å². The number of carboxylic acid groups (broad SMARTS) is 1. The number of ether oxygens (including phenoxy) is 1. The number of carboxylic acids is 1. The number of anilines is 1. The normalized spacial score (nSPS) is 17.6. The molecule has 118 valence electrons. The SMILES string of the molecule is COCCN1CC(C(=O)Nc2ccc(C(=O)O)cc2)CC1=O. The van der Waals surface area contributed by atoms with E-state index in [1.807, 2.05) is 0 Å². The van der Waals surface area contributed by atoms with Crippen molar-refractivity contribution in [3.05, 3.63) is 29.8 Å². The second kappa shape index (κ2) is 7.04. The Hall–Kier alpha value is -2.41. The Balaban J connectivity index is 1.92. The van der Waals surface area contributed by atoms with E-state index in [0.29, 0.717) is 25.4 Å². The van der Waals surface area contributed by atoms with Gasteiger partial charge in [-0.25, -0.2) is 4.79 Å². The molecular formula is C15H18N2O5. The first kappa shape index (κ1) is 16.0. The lowest BCUT2D eigenvalue weighted by Gasteiger charge is -2.15. The summed E-state index contributed by atoms with van der Waals surface area (Å²) in [7, 11) is 1.56. The van der Waals surface area contributed by atoms with Gasteiger partial charge in [0.1, 0.15) is 0 Å². The Labute approximate surface area is 127 Å². The molecule has 0 radical (unpaired) electrons. The highest BCUT2D eigenvalue weighted by Gasteiger charge is 2.33. The zero-order valence-electron chi connectivity index (χ0n) is 12.2.